The van der Waals surface area contributed by atoms with E-state index in [2.05, 4.69) is 15.3 Å². The quantitative estimate of drug-likeness (QED) is 0.625. The molecule has 3 aromatic rings. The number of para-hydroxylation sites is 1. The fraction of sp³-hybridized carbons (Fsp3) is 0. The Labute approximate surface area is 130 Å². The lowest BCUT2D eigenvalue weighted by molar-refractivity contribution is 1.18. The molecular weight excluding hydrogens is 313 g/mol. The highest BCUT2D eigenvalue weighted by Gasteiger charge is 2.05. The molecule has 0 unspecified atom stereocenters. The molecular formula is C14H9Cl2N3S. The maximum Gasteiger partial charge on any atom is 0.199 e. The van der Waals surface area contributed by atoms with Crippen LogP contribution in [0.4, 0.5) is 11.5 Å². The van der Waals surface area contributed by atoms with Gasteiger partial charge >= 0.3 is 0 Å². The summed E-state index contributed by atoms with van der Waals surface area (Å²) in [5.74, 6) is 0.669. The molecule has 0 aliphatic rings. The van der Waals surface area contributed by atoms with Crippen molar-refractivity contribution in [1.29, 1.82) is 0 Å². The molecule has 0 radical (unpaired) electrons. The highest BCUT2D eigenvalue weighted by Crippen LogP contribution is 2.27. The number of halogens is 2. The van der Waals surface area contributed by atoms with Gasteiger partial charge in [-0.25, -0.2) is 4.98 Å². The summed E-state index contributed by atoms with van der Waals surface area (Å²) in [5, 5.41) is 5.27. The van der Waals surface area contributed by atoms with Gasteiger partial charge in [0, 0.05) is 21.1 Å². The van der Waals surface area contributed by atoms with Gasteiger partial charge in [-0.2, -0.15) is 0 Å². The van der Waals surface area contributed by atoms with Crippen LogP contribution in [0.1, 0.15) is 0 Å². The molecule has 3 nitrogen and oxygen atoms in total. The van der Waals surface area contributed by atoms with Gasteiger partial charge in [-0.05, 0) is 42.5 Å². The lowest BCUT2D eigenvalue weighted by atomic mass is 10.2. The molecule has 0 aliphatic carbocycles. The number of H-pyrrole nitrogens is 1. The Morgan fingerprint density at radius 2 is 1.75 bits per heavy atom. The molecule has 1 aromatic heterocycles. The molecule has 0 aliphatic heterocycles. The van der Waals surface area contributed by atoms with Crippen molar-refractivity contribution in [3.63, 3.8) is 0 Å². The second-order valence-corrected chi connectivity index (χ2v) is 5.48. The largest absolute Gasteiger partial charge is 0.339 e. The fourth-order valence-electron chi connectivity index (χ4n) is 1.96. The molecule has 1 heterocycles. The molecule has 0 amide bonds. The molecule has 2 aromatic carbocycles. The molecule has 3 rings (SSSR count). The lowest BCUT2D eigenvalue weighted by Crippen LogP contribution is -1.97. The zero-order valence-electron chi connectivity index (χ0n) is 10.2. The smallest absolute Gasteiger partial charge is 0.199 e. The van der Waals surface area contributed by atoms with E-state index in [0.717, 1.165) is 16.6 Å². The van der Waals surface area contributed by atoms with Gasteiger partial charge in [0.25, 0.3) is 0 Å². The molecule has 0 atom stereocenters. The second-order valence-electron chi connectivity index (χ2n) is 4.22. The number of rotatable bonds is 2. The predicted octanol–water partition coefficient (Wildman–Crippen LogP) is 5.34. The van der Waals surface area contributed by atoms with Crippen LogP contribution in [0.25, 0.3) is 10.9 Å². The fourth-order valence-corrected chi connectivity index (χ4v) is 2.69. The molecule has 0 saturated carbocycles. The molecule has 0 spiro atoms. The molecule has 2 N–H and O–H groups in total. The summed E-state index contributed by atoms with van der Waals surface area (Å²) in [4.78, 5) is 7.37. The second kappa shape index (κ2) is 5.40. The van der Waals surface area contributed by atoms with Crippen LogP contribution < -0.4 is 5.32 Å². The SMILES string of the molecule is S=c1nc(Nc2cc(Cl)cc(Cl)c2)c2ccccc2[nH]1. The van der Waals surface area contributed by atoms with E-state index in [1.165, 1.54) is 0 Å². The summed E-state index contributed by atoms with van der Waals surface area (Å²) in [7, 11) is 0. The van der Waals surface area contributed by atoms with E-state index in [1.807, 2.05) is 24.3 Å². The summed E-state index contributed by atoms with van der Waals surface area (Å²) in [6.07, 6.45) is 0. The monoisotopic (exact) mass is 321 g/mol. The average Bonchev–Trinajstić information content (AvgIpc) is 2.37. The van der Waals surface area contributed by atoms with E-state index in [-0.39, 0.29) is 0 Å². The van der Waals surface area contributed by atoms with Crippen molar-refractivity contribution in [2.75, 3.05) is 5.32 Å². The summed E-state index contributed by atoms with van der Waals surface area (Å²) in [6, 6.07) is 13.0. The Balaban J connectivity index is 2.12. The average molecular weight is 322 g/mol. The van der Waals surface area contributed by atoms with E-state index in [9.17, 15) is 0 Å². The Bertz CT molecular complexity index is 825. The summed E-state index contributed by atoms with van der Waals surface area (Å²) in [6.45, 7) is 0. The number of benzene rings is 2. The Kier molecular flexibility index (Phi) is 3.61. The van der Waals surface area contributed by atoms with Gasteiger partial charge in [0.15, 0.2) is 4.77 Å². The maximum absolute atomic E-state index is 5.99. The number of hydrogen-bond donors (Lipinski definition) is 2. The molecule has 6 heteroatoms. The first kappa shape index (κ1) is 13.4. The molecule has 0 bridgehead atoms. The molecule has 0 saturated heterocycles. The van der Waals surface area contributed by atoms with Crippen LogP contribution in [0.2, 0.25) is 10.0 Å². The van der Waals surface area contributed by atoms with Crippen molar-refractivity contribution in [2.24, 2.45) is 0 Å². The number of fused-ring (bicyclic) bond motifs is 1. The minimum absolute atomic E-state index is 0.416. The van der Waals surface area contributed by atoms with Gasteiger partial charge < -0.3 is 10.3 Å². The maximum atomic E-state index is 5.99. The van der Waals surface area contributed by atoms with Crippen molar-refractivity contribution in [3.05, 3.63) is 57.3 Å². The van der Waals surface area contributed by atoms with Gasteiger partial charge in [-0.1, -0.05) is 35.3 Å². The Morgan fingerprint density at radius 1 is 1.05 bits per heavy atom. The van der Waals surface area contributed by atoms with Crippen LogP contribution in [0.15, 0.2) is 42.5 Å². The van der Waals surface area contributed by atoms with Crippen LogP contribution in [0.5, 0.6) is 0 Å². The first-order valence-corrected chi connectivity index (χ1v) is 7.00. The number of hydrogen-bond acceptors (Lipinski definition) is 3. The third kappa shape index (κ3) is 2.77. The highest BCUT2D eigenvalue weighted by molar-refractivity contribution is 7.71. The minimum atomic E-state index is 0.416. The first-order valence-electron chi connectivity index (χ1n) is 5.84. The number of nitrogens with zero attached hydrogens (tertiary/aromatic N) is 1. The standard InChI is InChI=1S/C14H9Cl2N3S/c15-8-5-9(16)7-10(6-8)17-13-11-3-1-2-4-12(11)18-14(20)19-13/h1-7H,(H2,17,18,19,20). The van der Waals surface area contributed by atoms with Crippen molar-refractivity contribution >= 4 is 57.8 Å². The van der Waals surface area contributed by atoms with Crippen LogP contribution >= 0.6 is 35.4 Å². The zero-order valence-corrected chi connectivity index (χ0v) is 12.5. The van der Waals surface area contributed by atoms with Gasteiger partial charge in [-0.3, -0.25) is 0 Å². The van der Waals surface area contributed by atoms with Gasteiger partial charge in [-0.15, -0.1) is 0 Å². The van der Waals surface area contributed by atoms with Crippen molar-refractivity contribution in [2.45, 2.75) is 0 Å². The first-order chi connectivity index (χ1) is 9.61. The van der Waals surface area contributed by atoms with Crippen LogP contribution in [-0.4, -0.2) is 9.97 Å². The Morgan fingerprint density at radius 3 is 2.50 bits per heavy atom. The van der Waals surface area contributed by atoms with Gasteiger partial charge in [0.2, 0.25) is 0 Å². The van der Waals surface area contributed by atoms with Crippen LogP contribution in [0.3, 0.4) is 0 Å². The van der Waals surface area contributed by atoms with Crippen molar-refractivity contribution in [3.8, 4) is 0 Å². The summed E-state index contributed by atoms with van der Waals surface area (Å²) < 4.78 is 0.416. The predicted molar refractivity (Wildman–Crippen MR) is 86.7 cm³/mol. The normalized spacial score (nSPS) is 10.7. The van der Waals surface area contributed by atoms with E-state index in [4.69, 9.17) is 35.4 Å². The van der Waals surface area contributed by atoms with Crippen molar-refractivity contribution in [1.82, 2.24) is 9.97 Å². The number of aromatic nitrogens is 2. The van der Waals surface area contributed by atoms with Crippen LogP contribution in [-0.2, 0) is 0 Å². The number of anilines is 2. The number of nitrogens with one attached hydrogen (secondary N) is 2. The third-order valence-electron chi connectivity index (χ3n) is 2.76. The van der Waals surface area contributed by atoms with Gasteiger partial charge in [0.1, 0.15) is 5.82 Å². The summed E-state index contributed by atoms with van der Waals surface area (Å²) in [5.41, 5.74) is 1.68. The molecule has 100 valence electrons. The van der Waals surface area contributed by atoms with Gasteiger partial charge in [0.05, 0.1) is 5.52 Å². The third-order valence-corrected chi connectivity index (χ3v) is 3.39. The molecule has 20 heavy (non-hydrogen) atoms. The minimum Gasteiger partial charge on any atom is -0.339 e. The van der Waals surface area contributed by atoms with Crippen LogP contribution in [0, 0.1) is 4.77 Å². The van der Waals surface area contributed by atoms with E-state index < -0.39 is 0 Å². The Hall–Kier alpha value is -1.62. The topological polar surface area (TPSA) is 40.7 Å². The zero-order chi connectivity index (χ0) is 14.1. The summed E-state index contributed by atoms with van der Waals surface area (Å²) >= 11 is 17.1. The van der Waals surface area contributed by atoms with E-state index in [0.29, 0.717) is 20.6 Å². The van der Waals surface area contributed by atoms with Crippen molar-refractivity contribution < 1.29 is 0 Å². The number of aromatic amines is 1. The highest BCUT2D eigenvalue weighted by atomic mass is 35.5. The van der Waals surface area contributed by atoms with E-state index in [1.54, 1.807) is 18.2 Å². The van der Waals surface area contributed by atoms with E-state index >= 15 is 0 Å². The molecule has 0 fully saturated rings. The lowest BCUT2D eigenvalue weighted by Gasteiger charge is -2.09.